The average Bonchev–Trinajstić information content (AvgIpc) is 1.82. The molecule has 0 radical (unpaired) electrons. The summed E-state index contributed by atoms with van der Waals surface area (Å²) in [5.74, 6) is 0. The topological polar surface area (TPSA) is 159 Å². The summed E-state index contributed by atoms with van der Waals surface area (Å²) in [4.78, 5) is 20.4. The van der Waals surface area contributed by atoms with Crippen molar-refractivity contribution in [3.8, 4) is 6.19 Å². The van der Waals surface area contributed by atoms with E-state index >= 15 is 0 Å². The van der Waals surface area contributed by atoms with Crippen molar-refractivity contribution in [2.45, 2.75) is 0 Å². The summed E-state index contributed by atoms with van der Waals surface area (Å²) in [6.45, 7) is 0. The maximum absolute atomic E-state index is 10.5. The second-order valence-corrected chi connectivity index (χ2v) is 2.90. The number of hydrazine groups is 1. The quantitative estimate of drug-likeness (QED) is 0.228. The molecule has 0 unspecified atom stereocenters. The van der Waals surface area contributed by atoms with Gasteiger partial charge >= 0.3 is 6.03 Å². The maximum Gasteiger partial charge on any atom is 0.407 e. The van der Waals surface area contributed by atoms with Crippen molar-refractivity contribution in [2.24, 2.45) is 5.14 Å². The smallest absolute Gasteiger partial charge is 0.240 e. The van der Waals surface area contributed by atoms with Crippen molar-refractivity contribution in [3.63, 3.8) is 0 Å². The highest BCUT2D eigenvalue weighted by Gasteiger charge is 2.26. The van der Waals surface area contributed by atoms with Gasteiger partial charge in [0.2, 0.25) is 0 Å². The van der Waals surface area contributed by atoms with Gasteiger partial charge in [-0.3, -0.25) is 0 Å². The Balaban J connectivity index is 4.63. The minimum Gasteiger partial charge on any atom is -0.240 e. The highest BCUT2D eigenvalue weighted by atomic mass is 32.2. The molecule has 0 aliphatic rings. The highest BCUT2D eigenvalue weighted by Crippen LogP contribution is 1.87. The van der Waals surface area contributed by atoms with Crippen LogP contribution < -0.4 is 9.86 Å². The summed E-state index contributed by atoms with van der Waals surface area (Å²) in [6, 6.07) is -1.75. The molecule has 0 aromatic heterocycles. The monoisotopic (exact) mass is 209 g/mol. The van der Waals surface area contributed by atoms with Gasteiger partial charge in [-0.15, -0.1) is 0 Å². The third kappa shape index (κ3) is 3.84. The summed E-state index contributed by atoms with van der Waals surface area (Å²) in [6.07, 6.45) is 0.826. The molecule has 0 rings (SSSR count). The molecule has 0 aliphatic heterocycles. The molecule has 11 heteroatoms. The largest absolute Gasteiger partial charge is 0.407 e. The average molecular weight is 209 g/mol. The number of carbonyl (C=O) groups is 1. The highest BCUT2D eigenvalue weighted by molar-refractivity contribution is 7.87. The molecule has 0 bridgehead atoms. The van der Waals surface area contributed by atoms with Gasteiger partial charge < -0.3 is 0 Å². The van der Waals surface area contributed by atoms with Gasteiger partial charge in [0.15, 0.2) is 5.03 Å². The van der Waals surface area contributed by atoms with E-state index in [2.05, 4.69) is 5.14 Å². The Kier molecular flexibility index (Phi) is 3.11. The lowest BCUT2D eigenvalue weighted by Gasteiger charge is -2.02. The number of hydrogen-bond donors (Lipinski definition) is 2. The first-order valence-corrected chi connectivity index (χ1v) is 4.01. The van der Waals surface area contributed by atoms with Crippen LogP contribution in [0.4, 0.5) is 4.79 Å². The molecular formula is C2H3N5O5S. The number of nitriles is 1. The Morgan fingerprint density at radius 2 is 2.15 bits per heavy atom. The fraction of sp³-hybridized carbons (Fsp3) is 0. The third-order valence-electron chi connectivity index (χ3n) is 0.680. The van der Waals surface area contributed by atoms with E-state index in [1.165, 1.54) is 0 Å². The van der Waals surface area contributed by atoms with Gasteiger partial charge in [-0.2, -0.15) is 13.7 Å². The van der Waals surface area contributed by atoms with Crippen LogP contribution in [0.5, 0.6) is 0 Å². The number of nitrogens with two attached hydrogens (primary N) is 1. The van der Waals surface area contributed by atoms with E-state index in [4.69, 9.17) is 5.26 Å². The van der Waals surface area contributed by atoms with Gasteiger partial charge in [0.25, 0.3) is 16.4 Å². The summed E-state index contributed by atoms with van der Waals surface area (Å²) < 4.78 is 21.4. The molecule has 0 fully saturated rings. The molecule has 10 nitrogen and oxygen atoms in total. The van der Waals surface area contributed by atoms with Crippen LogP contribution in [0.25, 0.3) is 0 Å². The Bertz CT molecular complexity index is 365. The second kappa shape index (κ2) is 3.65. The second-order valence-electron chi connectivity index (χ2n) is 1.60. The normalized spacial score (nSPS) is 9.85. The van der Waals surface area contributed by atoms with Crippen LogP contribution in [-0.2, 0) is 10.2 Å². The zero-order valence-corrected chi connectivity index (χ0v) is 6.68. The number of urea groups is 1. The fourth-order valence-corrected chi connectivity index (χ4v) is 0.651. The number of rotatable bonds is 2. The fourth-order valence-electron chi connectivity index (χ4n) is 0.321. The minimum atomic E-state index is -4.41. The third-order valence-corrected chi connectivity index (χ3v) is 1.14. The molecule has 0 heterocycles. The lowest BCUT2D eigenvalue weighted by atomic mass is 11.0. The van der Waals surface area contributed by atoms with Crippen LogP contribution in [-0.4, -0.2) is 24.5 Å². The molecule has 0 saturated carbocycles. The van der Waals surface area contributed by atoms with E-state index in [0.717, 1.165) is 10.9 Å². The Hall–Kier alpha value is -1.93. The lowest BCUT2D eigenvalue weighted by Crippen LogP contribution is -2.45. The molecule has 0 atom stereocenters. The molecule has 2 amide bonds. The molecule has 0 spiro atoms. The van der Waals surface area contributed by atoms with Crippen LogP contribution >= 0.6 is 0 Å². The van der Waals surface area contributed by atoms with Gasteiger partial charge in [0.1, 0.15) is 0 Å². The number of carbonyl (C=O) groups excluding carboxylic acids is 1. The van der Waals surface area contributed by atoms with Crippen LogP contribution in [0.1, 0.15) is 0 Å². The van der Waals surface area contributed by atoms with Crippen molar-refractivity contribution in [2.75, 3.05) is 0 Å². The number of nitrogens with one attached hydrogen (secondary N) is 1. The van der Waals surface area contributed by atoms with Gasteiger partial charge in [0.05, 0.1) is 5.01 Å². The number of amides is 2. The zero-order valence-electron chi connectivity index (χ0n) is 5.87. The van der Waals surface area contributed by atoms with Crippen molar-refractivity contribution in [1.82, 2.24) is 9.73 Å². The summed E-state index contributed by atoms with van der Waals surface area (Å²) >= 11 is 0. The van der Waals surface area contributed by atoms with Gasteiger partial charge in [-0.1, -0.05) is 0 Å². The van der Waals surface area contributed by atoms with E-state index in [1.54, 1.807) is 0 Å². The first kappa shape index (κ1) is 11.1. The molecule has 72 valence electrons. The first-order chi connectivity index (χ1) is 5.78. The first-order valence-electron chi connectivity index (χ1n) is 2.46. The lowest BCUT2D eigenvalue weighted by molar-refractivity contribution is -0.613. The maximum atomic E-state index is 10.5. The van der Waals surface area contributed by atoms with Gasteiger partial charge in [-0.05, 0) is 0 Å². The van der Waals surface area contributed by atoms with Crippen LogP contribution in [0.3, 0.4) is 0 Å². The Morgan fingerprint density at radius 1 is 1.69 bits per heavy atom. The van der Waals surface area contributed by atoms with Crippen molar-refractivity contribution in [3.05, 3.63) is 10.1 Å². The van der Waals surface area contributed by atoms with Gasteiger partial charge in [-0.25, -0.2) is 24.8 Å². The van der Waals surface area contributed by atoms with Gasteiger partial charge in [0, 0.05) is 0 Å². The predicted octanol–water partition coefficient (Wildman–Crippen LogP) is -2.13. The van der Waals surface area contributed by atoms with Crippen molar-refractivity contribution < 1.29 is 18.2 Å². The molecule has 3 N–H and O–H groups in total. The van der Waals surface area contributed by atoms with E-state index in [-0.39, 0.29) is 0 Å². The molecule has 0 aromatic carbocycles. The van der Waals surface area contributed by atoms with E-state index < -0.39 is 26.3 Å². The summed E-state index contributed by atoms with van der Waals surface area (Å²) in [5, 5.41) is 20.2. The molecule has 0 aromatic rings. The molecule has 0 aliphatic carbocycles. The molecule has 13 heavy (non-hydrogen) atoms. The van der Waals surface area contributed by atoms with E-state index in [9.17, 15) is 23.3 Å². The SMILES string of the molecule is N#CN(C(=O)NS(N)(=O)=O)[N+](=O)[O-]. The standard InChI is InChI=1S/C2H3N5O5S/c3-1-6(7(9)10)2(8)5-13(4,11)12/h(H,5,8)(H2,4,11,12). The summed E-state index contributed by atoms with van der Waals surface area (Å²) in [7, 11) is -4.41. The van der Waals surface area contributed by atoms with E-state index in [0.29, 0.717) is 0 Å². The Morgan fingerprint density at radius 3 is 2.38 bits per heavy atom. The number of hydrogen-bond acceptors (Lipinski definition) is 6. The summed E-state index contributed by atoms with van der Waals surface area (Å²) in [5.41, 5.74) is 0. The predicted molar refractivity (Wildman–Crippen MR) is 36.1 cm³/mol. The zero-order chi connectivity index (χ0) is 10.6. The van der Waals surface area contributed by atoms with Crippen LogP contribution in [0.2, 0.25) is 0 Å². The number of nitro groups is 1. The van der Waals surface area contributed by atoms with E-state index in [1.807, 2.05) is 0 Å². The van der Waals surface area contributed by atoms with Crippen molar-refractivity contribution in [1.29, 1.82) is 5.26 Å². The molecule has 0 saturated heterocycles. The minimum absolute atomic E-state index is 0.621. The molecular weight excluding hydrogens is 206 g/mol. The van der Waals surface area contributed by atoms with Crippen molar-refractivity contribution >= 4 is 16.2 Å². The van der Waals surface area contributed by atoms with Crippen LogP contribution in [0.15, 0.2) is 0 Å². The van der Waals surface area contributed by atoms with Crippen LogP contribution in [0, 0.1) is 21.6 Å². The number of nitrogens with zero attached hydrogens (tertiary/aromatic N) is 3. The Labute approximate surface area is 71.8 Å².